The molecule has 2 fully saturated rings. The van der Waals surface area contributed by atoms with E-state index in [1.165, 1.54) is 0 Å². The summed E-state index contributed by atoms with van der Waals surface area (Å²) in [5.41, 5.74) is 1.44. The van der Waals surface area contributed by atoms with Gasteiger partial charge in [-0.25, -0.2) is 4.98 Å². The van der Waals surface area contributed by atoms with E-state index in [1.54, 1.807) is 29.6 Å². The molecular formula is C18H19N5O3. The van der Waals surface area contributed by atoms with E-state index in [2.05, 4.69) is 15.6 Å². The second-order valence-electron chi connectivity index (χ2n) is 6.50. The van der Waals surface area contributed by atoms with Gasteiger partial charge in [-0.3, -0.25) is 14.4 Å². The topological polar surface area (TPSA) is 96.3 Å². The number of benzene rings is 1. The van der Waals surface area contributed by atoms with E-state index < -0.39 is 11.8 Å². The molecule has 1 aromatic heterocycles. The van der Waals surface area contributed by atoms with E-state index in [0.717, 1.165) is 5.69 Å². The van der Waals surface area contributed by atoms with Crippen LogP contribution in [0, 0.1) is 5.92 Å². The van der Waals surface area contributed by atoms with Crippen molar-refractivity contribution in [3.63, 3.8) is 0 Å². The van der Waals surface area contributed by atoms with Gasteiger partial charge in [0, 0.05) is 49.8 Å². The van der Waals surface area contributed by atoms with Crippen LogP contribution in [-0.4, -0.2) is 57.7 Å². The lowest BCUT2D eigenvalue weighted by molar-refractivity contribution is -0.153. The number of nitrogens with zero attached hydrogens (tertiary/aromatic N) is 3. The first-order valence-corrected chi connectivity index (χ1v) is 8.56. The lowest BCUT2D eigenvalue weighted by Crippen LogP contribution is -2.62. The summed E-state index contributed by atoms with van der Waals surface area (Å²) in [6, 6.07) is 6.99. The number of Topliss-reactive ketones (excluding diaryl/α,β-unsaturated/α-hetero) is 1. The van der Waals surface area contributed by atoms with Gasteiger partial charge in [0.25, 0.3) is 0 Å². The van der Waals surface area contributed by atoms with Crippen molar-refractivity contribution in [1.82, 2.24) is 19.8 Å². The molecule has 2 saturated heterocycles. The van der Waals surface area contributed by atoms with Gasteiger partial charge in [0.2, 0.25) is 11.8 Å². The molecule has 2 unspecified atom stereocenters. The maximum atomic E-state index is 12.6. The predicted octanol–water partition coefficient (Wildman–Crippen LogP) is 0.200. The minimum absolute atomic E-state index is 0.137. The summed E-state index contributed by atoms with van der Waals surface area (Å²) in [5.74, 6) is -2.52. The summed E-state index contributed by atoms with van der Waals surface area (Å²) < 4.78 is 1.84. The number of fused-ring (bicyclic) bond motifs is 1. The molecule has 2 aliphatic rings. The highest BCUT2D eigenvalue weighted by atomic mass is 16.2. The van der Waals surface area contributed by atoms with Gasteiger partial charge in [-0.15, -0.1) is 0 Å². The average Bonchev–Trinajstić information content (AvgIpc) is 3.17. The number of imidazole rings is 1. The highest BCUT2D eigenvalue weighted by molar-refractivity contribution is 6.22. The summed E-state index contributed by atoms with van der Waals surface area (Å²) in [7, 11) is 0. The lowest BCUT2D eigenvalue weighted by atomic mass is 9.88. The Morgan fingerprint density at radius 1 is 1.23 bits per heavy atom. The SMILES string of the molecule is O=C1CC2CNCCN2C(=O)C1C(=O)Nc1ccc(-n2ccnc2)cc1. The molecule has 134 valence electrons. The summed E-state index contributed by atoms with van der Waals surface area (Å²) in [6.07, 6.45) is 5.39. The number of piperazine rings is 1. The normalized spacial score (nSPS) is 22.8. The minimum Gasteiger partial charge on any atom is -0.336 e. The molecule has 3 heterocycles. The highest BCUT2D eigenvalue weighted by Gasteiger charge is 2.45. The van der Waals surface area contributed by atoms with Crippen molar-refractivity contribution in [2.24, 2.45) is 5.92 Å². The molecule has 0 bridgehead atoms. The molecule has 2 atom stereocenters. The molecule has 2 amide bonds. The van der Waals surface area contributed by atoms with Crippen molar-refractivity contribution in [3.8, 4) is 5.69 Å². The Morgan fingerprint density at radius 2 is 2.04 bits per heavy atom. The number of nitrogens with one attached hydrogen (secondary N) is 2. The molecule has 2 N–H and O–H groups in total. The van der Waals surface area contributed by atoms with Gasteiger partial charge in [-0.05, 0) is 24.3 Å². The van der Waals surface area contributed by atoms with Crippen molar-refractivity contribution in [2.45, 2.75) is 12.5 Å². The van der Waals surface area contributed by atoms with Gasteiger partial charge in [0.15, 0.2) is 11.7 Å². The zero-order valence-electron chi connectivity index (χ0n) is 14.1. The molecule has 1 aromatic carbocycles. The van der Waals surface area contributed by atoms with Crippen LogP contribution in [0.2, 0.25) is 0 Å². The summed E-state index contributed by atoms with van der Waals surface area (Å²) in [6.45, 7) is 1.81. The van der Waals surface area contributed by atoms with Gasteiger partial charge < -0.3 is 20.1 Å². The summed E-state index contributed by atoms with van der Waals surface area (Å²) >= 11 is 0. The maximum absolute atomic E-state index is 12.6. The second kappa shape index (κ2) is 6.72. The molecule has 8 heteroatoms. The van der Waals surface area contributed by atoms with Gasteiger partial charge in [-0.1, -0.05) is 0 Å². The summed E-state index contributed by atoms with van der Waals surface area (Å²) in [5, 5.41) is 5.87. The van der Waals surface area contributed by atoms with Crippen molar-refractivity contribution >= 4 is 23.3 Å². The molecule has 4 rings (SSSR count). The molecule has 2 aliphatic heterocycles. The quantitative estimate of drug-likeness (QED) is 0.769. The van der Waals surface area contributed by atoms with Crippen LogP contribution in [0.5, 0.6) is 0 Å². The predicted molar refractivity (Wildman–Crippen MR) is 93.7 cm³/mol. The number of carbonyl (C=O) groups is 3. The summed E-state index contributed by atoms with van der Waals surface area (Å²) in [4.78, 5) is 43.2. The van der Waals surface area contributed by atoms with Crippen molar-refractivity contribution in [1.29, 1.82) is 0 Å². The van der Waals surface area contributed by atoms with E-state index in [-0.39, 0.29) is 24.2 Å². The smallest absolute Gasteiger partial charge is 0.244 e. The third-order valence-corrected chi connectivity index (χ3v) is 4.84. The third-order valence-electron chi connectivity index (χ3n) is 4.84. The Hall–Kier alpha value is -3.00. The minimum atomic E-state index is -1.25. The largest absolute Gasteiger partial charge is 0.336 e. The number of ketones is 1. The van der Waals surface area contributed by atoms with Crippen LogP contribution in [0.3, 0.4) is 0 Å². The van der Waals surface area contributed by atoms with Crippen LogP contribution < -0.4 is 10.6 Å². The molecule has 0 spiro atoms. The van der Waals surface area contributed by atoms with Crippen molar-refractivity contribution in [2.75, 3.05) is 25.0 Å². The third kappa shape index (κ3) is 2.99. The Kier molecular flexibility index (Phi) is 4.26. The highest BCUT2D eigenvalue weighted by Crippen LogP contribution is 2.23. The van der Waals surface area contributed by atoms with Crippen LogP contribution in [0.1, 0.15) is 6.42 Å². The Balaban J connectivity index is 1.47. The van der Waals surface area contributed by atoms with Crippen LogP contribution in [0.25, 0.3) is 5.69 Å². The fraction of sp³-hybridized carbons (Fsp3) is 0.333. The molecule has 0 radical (unpaired) electrons. The molecule has 26 heavy (non-hydrogen) atoms. The van der Waals surface area contributed by atoms with E-state index in [4.69, 9.17) is 0 Å². The molecule has 0 saturated carbocycles. The fourth-order valence-electron chi connectivity index (χ4n) is 3.49. The zero-order chi connectivity index (χ0) is 18.1. The maximum Gasteiger partial charge on any atom is 0.244 e. The van der Waals surface area contributed by atoms with E-state index >= 15 is 0 Å². The van der Waals surface area contributed by atoms with Gasteiger partial charge >= 0.3 is 0 Å². The van der Waals surface area contributed by atoms with Crippen LogP contribution in [0.15, 0.2) is 43.0 Å². The van der Waals surface area contributed by atoms with Gasteiger partial charge in [-0.2, -0.15) is 0 Å². The Labute approximate surface area is 150 Å². The first-order chi connectivity index (χ1) is 12.6. The van der Waals surface area contributed by atoms with E-state index in [9.17, 15) is 14.4 Å². The number of piperidine rings is 1. The number of carbonyl (C=O) groups excluding carboxylic acids is 3. The first kappa shape index (κ1) is 16.5. The van der Waals surface area contributed by atoms with Crippen LogP contribution in [0.4, 0.5) is 5.69 Å². The zero-order valence-corrected chi connectivity index (χ0v) is 14.1. The Morgan fingerprint density at radius 3 is 2.77 bits per heavy atom. The van der Waals surface area contributed by atoms with Gasteiger partial charge in [0.1, 0.15) is 0 Å². The van der Waals surface area contributed by atoms with Crippen LogP contribution >= 0.6 is 0 Å². The number of amides is 2. The van der Waals surface area contributed by atoms with Gasteiger partial charge in [0.05, 0.1) is 12.4 Å². The Bertz CT molecular complexity index is 831. The number of anilines is 1. The monoisotopic (exact) mass is 353 g/mol. The first-order valence-electron chi connectivity index (χ1n) is 8.56. The lowest BCUT2D eigenvalue weighted by Gasteiger charge is -2.41. The van der Waals surface area contributed by atoms with Crippen molar-refractivity contribution in [3.05, 3.63) is 43.0 Å². The number of hydrogen-bond acceptors (Lipinski definition) is 5. The van der Waals surface area contributed by atoms with E-state index in [0.29, 0.717) is 25.3 Å². The number of hydrogen-bond donors (Lipinski definition) is 2. The van der Waals surface area contributed by atoms with E-state index in [1.807, 2.05) is 22.9 Å². The number of rotatable bonds is 3. The standard InChI is InChI=1S/C18H19N5O3/c24-15-9-14-10-19-6-8-23(14)18(26)16(15)17(25)21-12-1-3-13(4-2-12)22-7-5-20-11-22/h1-5,7,11,14,16,19H,6,8-10H2,(H,21,25). The van der Waals surface area contributed by atoms with Crippen molar-refractivity contribution < 1.29 is 14.4 Å². The molecular weight excluding hydrogens is 334 g/mol. The average molecular weight is 353 g/mol. The molecule has 2 aromatic rings. The molecule has 8 nitrogen and oxygen atoms in total. The van der Waals surface area contributed by atoms with Crippen LogP contribution in [-0.2, 0) is 14.4 Å². The number of aromatic nitrogens is 2. The second-order valence-corrected chi connectivity index (χ2v) is 6.50. The fourth-order valence-corrected chi connectivity index (χ4v) is 3.49. The molecule has 0 aliphatic carbocycles.